The monoisotopic (exact) mass is 453 g/mol. The summed E-state index contributed by atoms with van der Waals surface area (Å²) in [4.78, 5) is 18.9. The number of fused-ring (bicyclic) bond motifs is 1. The SMILES string of the molecule is CN(C(=O)OC(C)(C)C)[C@@H]1CCN([S+]([O-])c2cccc3cncc(Br)c23)C1. The Hall–Kier alpha value is -1.35. The van der Waals surface area contributed by atoms with Crippen LogP contribution in [0.25, 0.3) is 10.8 Å². The first-order valence-electron chi connectivity index (χ1n) is 8.82. The van der Waals surface area contributed by atoms with E-state index in [0.717, 1.165) is 26.6 Å². The van der Waals surface area contributed by atoms with E-state index < -0.39 is 17.0 Å². The molecule has 0 radical (unpaired) electrons. The lowest BCUT2D eigenvalue weighted by atomic mass is 10.2. The second-order valence-electron chi connectivity index (χ2n) is 7.65. The number of rotatable bonds is 3. The zero-order valence-corrected chi connectivity index (χ0v) is 18.3. The molecule has 0 N–H and O–H groups in total. The van der Waals surface area contributed by atoms with Gasteiger partial charge < -0.3 is 14.2 Å². The van der Waals surface area contributed by atoms with E-state index >= 15 is 0 Å². The number of hydrogen-bond acceptors (Lipinski definition) is 5. The molecule has 0 saturated carbocycles. The van der Waals surface area contributed by atoms with Crippen molar-refractivity contribution in [2.45, 2.75) is 43.7 Å². The molecular formula is C19H24BrN3O3S. The van der Waals surface area contributed by atoms with Gasteiger partial charge in [-0.3, -0.25) is 4.98 Å². The van der Waals surface area contributed by atoms with Crippen molar-refractivity contribution in [1.29, 1.82) is 0 Å². The minimum absolute atomic E-state index is 0.0242. The molecule has 1 saturated heterocycles. The second-order valence-corrected chi connectivity index (χ2v) is 9.96. The van der Waals surface area contributed by atoms with Gasteiger partial charge in [0.25, 0.3) is 0 Å². The highest BCUT2D eigenvalue weighted by atomic mass is 79.9. The number of carbonyl (C=O) groups excluding carboxylic acids is 1. The summed E-state index contributed by atoms with van der Waals surface area (Å²) in [6.45, 7) is 6.75. The standard InChI is InChI=1S/C19H24BrN3O3S/c1-19(2,3)26-18(24)22(4)14-8-9-23(12-14)27(25)16-7-5-6-13-10-21-11-15(20)17(13)16/h5-7,10-11,14H,8-9,12H2,1-4H3/t14-,27?/m1/s1. The molecule has 1 aliphatic rings. The van der Waals surface area contributed by atoms with Crippen LogP contribution in [0.5, 0.6) is 0 Å². The molecule has 8 heteroatoms. The Kier molecular flexibility index (Phi) is 6.00. The molecule has 1 aliphatic heterocycles. The minimum atomic E-state index is -1.32. The topological polar surface area (TPSA) is 68.7 Å². The average molecular weight is 454 g/mol. The van der Waals surface area contributed by atoms with E-state index in [4.69, 9.17) is 4.74 Å². The number of hydrogen-bond donors (Lipinski definition) is 0. The third kappa shape index (κ3) is 4.56. The highest BCUT2D eigenvalue weighted by molar-refractivity contribution is 9.10. The molecule has 0 bridgehead atoms. The normalized spacial score (nSPS) is 19.3. The van der Waals surface area contributed by atoms with Crippen LogP contribution in [0.2, 0.25) is 0 Å². The van der Waals surface area contributed by atoms with Crippen molar-refractivity contribution in [3.63, 3.8) is 0 Å². The first-order chi connectivity index (χ1) is 12.7. The molecule has 3 rings (SSSR count). The van der Waals surface area contributed by atoms with Gasteiger partial charge in [-0.1, -0.05) is 12.1 Å². The fraction of sp³-hybridized carbons (Fsp3) is 0.474. The highest BCUT2D eigenvalue weighted by Crippen LogP contribution is 2.32. The number of halogens is 1. The minimum Gasteiger partial charge on any atom is -0.593 e. The fourth-order valence-corrected chi connectivity index (χ4v) is 5.25. The van der Waals surface area contributed by atoms with E-state index in [1.165, 1.54) is 0 Å². The van der Waals surface area contributed by atoms with E-state index in [-0.39, 0.29) is 12.1 Å². The van der Waals surface area contributed by atoms with Gasteiger partial charge in [-0.05, 0) is 49.2 Å². The molecule has 27 heavy (non-hydrogen) atoms. The average Bonchev–Trinajstić information content (AvgIpc) is 3.08. The molecule has 1 aromatic heterocycles. The van der Waals surface area contributed by atoms with E-state index in [9.17, 15) is 9.35 Å². The van der Waals surface area contributed by atoms with Crippen molar-refractivity contribution in [2.75, 3.05) is 20.1 Å². The Morgan fingerprint density at radius 2 is 2.15 bits per heavy atom. The number of nitrogens with zero attached hydrogens (tertiary/aromatic N) is 3. The Morgan fingerprint density at radius 1 is 1.41 bits per heavy atom. The summed E-state index contributed by atoms with van der Waals surface area (Å²) >= 11 is 2.21. The lowest BCUT2D eigenvalue weighted by Gasteiger charge is -2.28. The fourth-order valence-electron chi connectivity index (χ4n) is 3.10. The van der Waals surface area contributed by atoms with Crippen LogP contribution >= 0.6 is 15.9 Å². The van der Waals surface area contributed by atoms with Crippen molar-refractivity contribution in [2.24, 2.45) is 0 Å². The Morgan fingerprint density at radius 3 is 2.85 bits per heavy atom. The van der Waals surface area contributed by atoms with Crippen molar-refractivity contribution in [1.82, 2.24) is 14.2 Å². The predicted molar refractivity (Wildman–Crippen MR) is 110 cm³/mol. The van der Waals surface area contributed by atoms with Crippen molar-refractivity contribution >= 4 is 44.2 Å². The smallest absolute Gasteiger partial charge is 0.410 e. The summed E-state index contributed by atoms with van der Waals surface area (Å²) in [5.74, 6) is 0. The van der Waals surface area contributed by atoms with Gasteiger partial charge in [0.2, 0.25) is 0 Å². The summed E-state index contributed by atoms with van der Waals surface area (Å²) in [5, 5.41) is 1.85. The quantitative estimate of drug-likeness (QED) is 0.657. The third-order valence-corrected chi connectivity index (χ3v) is 6.60. The largest absolute Gasteiger partial charge is 0.593 e. The van der Waals surface area contributed by atoms with Gasteiger partial charge in [-0.2, -0.15) is 0 Å². The van der Waals surface area contributed by atoms with E-state index in [0.29, 0.717) is 13.1 Å². The Bertz CT molecular complexity index is 837. The van der Waals surface area contributed by atoms with Crippen LogP contribution < -0.4 is 0 Å². The molecule has 2 aromatic rings. The summed E-state index contributed by atoms with van der Waals surface area (Å²) in [6.07, 6.45) is 3.89. The van der Waals surface area contributed by atoms with Crippen LogP contribution in [-0.4, -0.2) is 56.6 Å². The summed E-state index contributed by atoms with van der Waals surface area (Å²) in [6, 6.07) is 5.71. The lowest BCUT2D eigenvalue weighted by Crippen LogP contribution is -2.42. The predicted octanol–water partition coefficient (Wildman–Crippen LogP) is 3.96. The maximum atomic E-state index is 13.2. The Balaban J connectivity index is 1.75. The van der Waals surface area contributed by atoms with Crippen LogP contribution in [0.4, 0.5) is 4.79 Å². The molecule has 6 nitrogen and oxygen atoms in total. The first-order valence-corrected chi connectivity index (χ1v) is 10.7. The van der Waals surface area contributed by atoms with Crippen molar-refractivity contribution < 1.29 is 14.1 Å². The number of ether oxygens (including phenoxy) is 1. The zero-order chi connectivity index (χ0) is 19.8. The van der Waals surface area contributed by atoms with Gasteiger partial charge in [0.15, 0.2) is 4.90 Å². The van der Waals surface area contributed by atoms with Gasteiger partial charge in [0.05, 0.1) is 29.3 Å². The molecule has 1 amide bonds. The number of amides is 1. The molecule has 0 aliphatic carbocycles. The molecule has 1 unspecified atom stereocenters. The van der Waals surface area contributed by atoms with Crippen molar-refractivity contribution in [3.05, 3.63) is 35.1 Å². The molecule has 1 aromatic carbocycles. The maximum absolute atomic E-state index is 13.2. The van der Waals surface area contributed by atoms with Crippen molar-refractivity contribution in [3.8, 4) is 0 Å². The van der Waals surface area contributed by atoms with Gasteiger partial charge in [0, 0.05) is 35.8 Å². The summed E-state index contributed by atoms with van der Waals surface area (Å²) in [7, 11) is 1.74. The molecule has 1 fully saturated rings. The number of aromatic nitrogens is 1. The number of pyridine rings is 1. The molecule has 2 atom stereocenters. The Labute approximate surface area is 171 Å². The molecule has 2 heterocycles. The number of likely N-dealkylation sites (N-methyl/N-ethyl adjacent to an activating group) is 1. The highest BCUT2D eigenvalue weighted by Gasteiger charge is 2.37. The van der Waals surface area contributed by atoms with E-state index in [2.05, 4.69) is 20.9 Å². The van der Waals surface area contributed by atoms with Gasteiger partial charge in [-0.25, -0.2) is 4.79 Å². The van der Waals surface area contributed by atoms with E-state index in [1.807, 2.05) is 43.3 Å². The third-order valence-electron chi connectivity index (χ3n) is 4.48. The van der Waals surface area contributed by atoms with Gasteiger partial charge in [-0.15, -0.1) is 4.31 Å². The molecule has 0 spiro atoms. The summed E-state index contributed by atoms with van der Waals surface area (Å²) in [5.41, 5.74) is -0.532. The van der Waals surface area contributed by atoms with Crippen LogP contribution in [0.1, 0.15) is 27.2 Å². The molecule has 146 valence electrons. The summed E-state index contributed by atoms with van der Waals surface area (Å²) < 4.78 is 21.4. The van der Waals surface area contributed by atoms with Crippen LogP contribution in [0.3, 0.4) is 0 Å². The van der Waals surface area contributed by atoms with E-state index in [1.54, 1.807) is 24.3 Å². The first kappa shape index (κ1) is 20.4. The van der Waals surface area contributed by atoms with Crippen LogP contribution in [0, 0.1) is 0 Å². The second kappa shape index (κ2) is 7.95. The maximum Gasteiger partial charge on any atom is 0.410 e. The number of carbonyl (C=O) groups is 1. The van der Waals surface area contributed by atoms with Crippen LogP contribution in [-0.2, 0) is 16.1 Å². The lowest BCUT2D eigenvalue weighted by molar-refractivity contribution is 0.0233. The molecular weight excluding hydrogens is 430 g/mol. The van der Waals surface area contributed by atoms with Crippen LogP contribution in [0.15, 0.2) is 40.0 Å². The zero-order valence-electron chi connectivity index (χ0n) is 15.9. The van der Waals surface area contributed by atoms with Gasteiger partial charge >= 0.3 is 6.09 Å². The van der Waals surface area contributed by atoms with Gasteiger partial charge in [0.1, 0.15) is 5.60 Å². The number of benzene rings is 1.